The average molecular weight is 308 g/mol. The summed E-state index contributed by atoms with van der Waals surface area (Å²) in [6.45, 7) is 2.00. The van der Waals surface area contributed by atoms with Crippen molar-refractivity contribution >= 4 is 49.4 Å². The first-order valence-corrected chi connectivity index (χ1v) is 8.24. The van der Waals surface area contributed by atoms with E-state index in [0.717, 1.165) is 11.3 Å². The van der Waals surface area contributed by atoms with Gasteiger partial charge in [-0.05, 0) is 69.6 Å². The van der Waals surface area contributed by atoms with Gasteiger partial charge in [-0.15, -0.1) is 0 Å². The molecule has 0 N–H and O–H groups in total. The molecule has 5 aromatic rings. The molecule has 1 nitrogen and oxygen atoms in total. The molecule has 0 atom stereocenters. The molecule has 4 aromatic carbocycles. The molecule has 5 rings (SSSR count). The minimum Gasteiger partial charge on any atom is -0.457 e. The standard InChI is InChI=1S/C23H16O/c1-2-5-18-14-22-20-9-8-17-12-15-6-3-4-7-16(15)13-21(17)19(20)10-11-23(22)24-18/h2-14H,1H3. The lowest BCUT2D eigenvalue weighted by Crippen LogP contribution is -1.80. The first kappa shape index (κ1) is 13.4. The quantitative estimate of drug-likeness (QED) is 0.242. The molecule has 1 heterocycles. The number of hydrogen-bond donors (Lipinski definition) is 0. The van der Waals surface area contributed by atoms with Gasteiger partial charge in [-0.2, -0.15) is 0 Å². The normalized spacial score (nSPS) is 12.2. The van der Waals surface area contributed by atoms with Gasteiger partial charge in [0.25, 0.3) is 0 Å². The van der Waals surface area contributed by atoms with Crippen molar-refractivity contribution in [2.45, 2.75) is 6.92 Å². The summed E-state index contributed by atoms with van der Waals surface area (Å²) in [4.78, 5) is 0. The molecular formula is C23H16O. The number of hydrogen-bond acceptors (Lipinski definition) is 1. The highest BCUT2D eigenvalue weighted by molar-refractivity contribution is 6.18. The molecule has 0 saturated heterocycles. The van der Waals surface area contributed by atoms with Crippen molar-refractivity contribution in [3.05, 3.63) is 78.6 Å². The van der Waals surface area contributed by atoms with Gasteiger partial charge in [0.05, 0.1) is 0 Å². The van der Waals surface area contributed by atoms with Crippen molar-refractivity contribution < 1.29 is 4.42 Å². The third-order valence-corrected chi connectivity index (χ3v) is 4.73. The van der Waals surface area contributed by atoms with Crippen molar-refractivity contribution in [3.63, 3.8) is 0 Å². The number of furan rings is 1. The van der Waals surface area contributed by atoms with Crippen LogP contribution in [0.4, 0.5) is 0 Å². The minimum absolute atomic E-state index is 0.901. The zero-order valence-corrected chi connectivity index (χ0v) is 13.4. The maximum absolute atomic E-state index is 5.91. The van der Waals surface area contributed by atoms with Crippen molar-refractivity contribution in [1.82, 2.24) is 0 Å². The lowest BCUT2D eigenvalue weighted by Gasteiger charge is -2.07. The van der Waals surface area contributed by atoms with E-state index < -0.39 is 0 Å². The van der Waals surface area contributed by atoms with E-state index in [1.807, 2.05) is 19.1 Å². The van der Waals surface area contributed by atoms with E-state index in [4.69, 9.17) is 4.42 Å². The summed E-state index contributed by atoms with van der Waals surface area (Å²) < 4.78 is 5.91. The highest BCUT2D eigenvalue weighted by Gasteiger charge is 2.09. The molecule has 24 heavy (non-hydrogen) atoms. The number of benzene rings is 4. The Morgan fingerprint density at radius 3 is 2.25 bits per heavy atom. The second-order valence-corrected chi connectivity index (χ2v) is 6.21. The molecule has 0 amide bonds. The molecule has 1 heteroatoms. The molecule has 0 aliphatic heterocycles. The second-order valence-electron chi connectivity index (χ2n) is 6.21. The van der Waals surface area contributed by atoms with Gasteiger partial charge < -0.3 is 4.42 Å². The summed E-state index contributed by atoms with van der Waals surface area (Å²) in [6.07, 6.45) is 4.00. The van der Waals surface area contributed by atoms with Gasteiger partial charge in [-0.25, -0.2) is 0 Å². The van der Waals surface area contributed by atoms with Crippen LogP contribution in [0.5, 0.6) is 0 Å². The summed E-state index contributed by atoms with van der Waals surface area (Å²) >= 11 is 0. The molecule has 0 spiro atoms. The van der Waals surface area contributed by atoms with Gasteiger partial charge in [0.2, 0.25) is 0 Å². The van der Waals surface area contributed by atoms with E-state index in [0.29, 0.717) is 0 Å². The SMILES string of the molecule is CC=Cc1cc2c(ccc3c4cc5ccccc5cc4ccc23)o1. The number of allylic oxidation sites excluding steroid dienone is 1. The maximum atomic E-state index is 5.91. The van der Waals surface area contributed by atoms with Crippen LogP contribution in [0.25, 0.3) is 49.4 Å². The van der Waals surface area contributed by atoms with Crippen LogP contribution in [0, 0.1) is 0 Å². The van der Waals surface area contributed by atoms with Crippen LogP contribution in [0.2, 0.25) is 0 Å². The highest BCUT2D eigenvalue weighted by Crippen LogP contribution is 2.34. The van der Waals surface area contributed by atoms with Crippen LogP contribution in [-0.2, 0) is 0 Å². The predicted octanol–water partition coefficient (Wildman–Crippen LogP) is 6.93. The molecule has 0 radical (unpaired) electrons. The average Bonchev–Trinajstić information content (AvgIpc) is 3.03. The van der Waals surface area contributed by atoms with Crippen LogP contribution in [0.3, 0.4) is 0 Å². The minimum atomic E-state index is 0.901. The monoisotopic (exact) mass is 308 g/mol. The van der Waals surface area contributed by atoms with Crippen LogP contribution in [-0.4, -0.2) is 0 Å². The fourth-order valence-corrected chi connectivity index (χ4v) is 3.62. The Labute approximate surface area is 139 Å². The first-order chi connectivity index (χ1) is 11.8. The van der Waals surface area contributed by atoms with Crippen LogP contribution in [0.15, 0.2) is 77.2 Å². The van der Waals surface area contributed by atoms with Gasteiger partial charge in [0.15, 0.2) is 0 Å². The third kappa shape index (κ3) is 1.88. The molecule has 0 aliphatic carbocycles. The van der Waals surface area contributed by atoms with Crippen LogP contribution < -0.4 is 0 Å². The molecule has 0 aliphatic rings. The van der Waals surface area contributed by atoms with Gasteiger partial charge in [-0.3, -0.25) is 0 Å². The van der Waals surface area contributed by atoms with Crippen LogP contribution >= 0.6 is 0 Å². The Morgan fingerprint density at radius 1 is 0.667 bits per heavy atom. The van der Waals surface area contributed by atoms with E-state index >= 15 is 0 Å². The maximum Gasteiger partial charge on any atom is 0.135 e. The first-order valence-electron chi connectivity index (χ1n) is 8.24. The summed E-state index contributed by atoms with van der Waals surface area (Å²) in [7, 11) is 0. The van der Waals surface area contributed by atoms with Gasteiger partial charge >= 0.3 is 0 Å². The molecule has 114 valence electrons. The van der Waals surface area contributed by atoms with E-state index in [1.54, 1.807) is 0 Å². The van der Waals surface area contributed by atoms with Gasteiger partial charge in [-0.1, -0.05) is 48.5 Å². The van der Waals surface area contributed by atoms with Crippen molar-refractivity contribution in [2.75, 3.05) is 0 Å². The summed E-state index contributed by atoms with van der Waals surface area (Å²) in [6, 6.07) is 23.9. The molecule has 0 unspecified atom stereocenters. The Balaban J connectivity index is 1.92. The van der Waals surface area contributed by atoms with E-state index in [1.165, 1.54) is 37.7 Å². The van der Waals surface area contributed by atoms with Crippen molar-refractivity contribution in [2.24, 2.45) is 0 Å². The zero-order chi connectivity index (χ0) is 16.1. The Bertz CT molecular complexity index is 1250. The Kier molecular flexibility index (Phi) is 2.77. The fraction of sp³-hybridized carbons (Fsp3) is 0.0435. The van der Waals surface area contributed by atoms with Gasteiger partial charge in [0, 0.05) is 5.39 Å². The van der Waals surface area contributed by atoms with Crippen molar-refractivity contribution in [1.29, 1.82) is 0 Å². The van der Waals surface area contributed by atoms with Crippen molar-refractivity contribution in [3.8, 4) is 0 Å². The highest BCUT2D eigenvalue weighted by atomic mass is 16.3. The van der Waals surface area contributed by atoms with E-state index in [-0.39, 0.29) is 0 Å². The molecule has 0 fully saturated rings. The lowest BCUT2D eigenvalue weighted by atomic mass is 9.97. The smallest absolute Gasteiger partial charge is 0.135 e. The molecule has 0 saturated carbocycles. The number of rotatable bonds is 1. The lowest BCUT2D eigenvalue weighted by molar-refractivity contribution is 0.604. The predicted molar refractivity (Wildman–Crippen MR) is 103 cm³/mol. The molecule has 0 bridgehead atoms. The largest absolute Gasteiger partial charge is 0.457 e. The van der Waals surface area contributed by atoms with Gasteiger partial charge in [0.1, 0.15) is 11.3 Å². The third-order valence-electron chi connectivity index (χ3n) is 4.73. The summed E-state index contributed by atoms with van der Waals surface area (Å²) in [5, 5.41) is 8.83. The summed E-state index contributed by atoms with van der Waals surface area (Å²) in [5.41, 5.74) is 0.940. The fourth-order valence-electron chi connectivity index (χ4n) is 3.62. The zero-order valence-electron chi connectivity index (χ0n) is 13.4. The molecule has 1 aromatic heterocycles. The van der Waals surface area contributed by atoms with E-state index in [9.17, 15) is 0 Å². The Hall–Kier alpha value is -3.06. The van der Waals surface area contributed by atoms with Crippen LogP contribution in [0.1, 0.15) is 12.7 Å². The number of fused-ring (bicyclic) bond motifs is 6. The van der Waals surface area contributed by atoms with E-state index in [2.05, 4.69) is 66.7 Å². The summed E-state index contributed by atoms with van der Waals surface area (Å²) in [5.74, 6) is 0.901. The topological polar surface area (TPSA) is 13.1 Å². The second kappa shape index (κ2) is 4.97. The molecular weight excluding hydrogens is 292 g/mol. The Morgan fingerprint density at radius 2 is 1.42 bits per heavy atom.